The van der Waals surface area contributed by atoms with Gasteiger partial charge in [0.1, 0.15) is 11.8 Å². The largest absolute Gasteiger partial charge is 0.444 e. The number of hydrogen-bond donors (Lipinski definition) is 1. The number of benzene rings is 1. The maximum Gasteiger partial charge on any atom is 0.410 e. The summed E-state index contributed by atoms with van der Waals surface area (Å²) in [6, 6.07) is 7.15. The third kappa shape index (κ3) is 5.54. The molecule has 34 heavy (non-hydrogen) atoms. The average molecular weight is 584 g/mol. The predicted molar refractivity (Wildman–Crippen MR) is 136 cm³/mol. The summed E-state index contributed by atoms with van der Waals surface area (Å²) in [5.41, 5.74) is 1.22. The molecular formula is C24H30FIN4O4. The molecule has 3 heterocycles. The number of alkyl halides is 1. The number of carbonyl (C=O) groups is 2. The molecule has 1 N–H and O–H groups in total. The summed E-state index contributed by atoms with van der Waals surface area (Å²) in [5, 5.41) is 3.77. The number of aromatic nitrogens is 1. The Labute approximate surface area is 212 Å². The molecule has 1 aromatic heterocycles. The predicted octanol–water partition coefficient (Wildman–Crippen LogP) is 3.51. The van der Waals surface area contributed by atoms with Crippen LogP contribution >= 0.6 is 22.6 Å². The van der Waals surface area contributed by atoms with E-state index in [-0.39, 0.29) is 25.1 Å². The molecule has 2 saturated heterocycles. The number of amides is 2. The van der Waals surface area contributed by atoms with Gasteiger partial charge in [0.05, 0.1) is 30.8 Å². The summed E-state index contributed by atoms with van der Waals surface area (Å²) in [6.07, 6.45) is -1.15. The summed E-state index contributed by atoms with van der Waals surface area (Å²) in [7, 11) is 0. The molecule has 0 spiro atoms. The van der Waals surface area contributed by atoms with Crippen molar-refractivity contribution < 1.29 is 23.5 Å². The van der Waals surface area contributed by atoms with E-state index in [1.54, 1.807) is 27.0 Å². The molecule has 0 bridgehead atoms. The molecule has 4 atom stereocenters. The monoisotopic (exact) mass is 584 g/mol. The van der Waals surface area contributed by atoms with Gasteiger partial charge in [0.2, 0.25) is 0 Å². The molecule has 2 aromatic rings. The third-order valence-electron chi connectivity index (χ3n) is 5.82. The second-order valence-corrected chi connectivity index (χ2v) is 11.0. The molecule has 0 aliphatic carbocycles. The van der Waals surface area contributed by atoms with Crippen molar-refractivity contribution in [3.8, 4) is 0 Å². The minimum atomic E-state index is -1.38. The van der Waals surface area contributed by atoms with E-state index in [0.29, 0.717) is 13.1 Å². The van der Waals surface area contributed by atoms with Gasteiger partial charge in [-0.3, -0.25) is 9.78 Å². The number of nitrogens with zero attached hydrogens (tertiary/aromatic N) is 3. The van der Waals surface area contributed by atoms with Gasteiger partial charge in [0.15, 0.2) is 6.10 Å². The lowest BCUT2D eigenvalue weighted by Crippen LogP contribution is -2.55. The zero-order valence-electron chi connectivity index (χ0n) is 19.8. The second-order valence-electron chi connectivity index (χ2n) is 9.82. The van der Waals surface area contributed by atoms with E-state index in [4.69, 9.17) is 9.47 Å². The van der Waals surface area contributed by atoms with Crippen LogP contribution in [0.3, 0.4) is 0 Å². The molecule has 0 unspecified atom stereocenters. The Morgan fingerprint density at radius 2 is 1.97 bits per heavy atom. The van der Waals surface area contributed by atoms with Crippen molar-refractivity contribution in [1.29, 1.82) is 0 Å². The van der Waals surface area contributed by atoms with Gasteiger partial charge in [0, 0.05) is 33.9 Å². The highest BCUT2D eigenvalue weighted by molar-refractivity contribution is 14.1. The minimum Gasteiger partial charge on any atom is -0.444 e. The highest BCUT2D eigenvalue weighted by atomic mass is 127. The van der Waals surface area contributed by atoms with Gasteiger partial charge >= 0.3 is 6.09 Å². The highest BCUT2D eigenvalue weighted by Gasteiger charge is 2.40. The maximum absolute atomic E-state index is 14.7. The van der Waals surface area contributed by atoms with E-state index < -0.39 is 30.0 Å². The van der Waals surface area contributed by atoms with E-state index in [1.807, 2.05) is 31.2 Å². The molecule has 8 nitrogen and oxygen atoms in total. The van der Waals surface area contributed by atoms with Crippen LogP contribution in [-0.2, 0) is 14.3 Å². The zero-order valence-corrected chi connectivity index (χ0v) is 21.9. The van der Waals surface area contributed by atoms with E-state index >= 15 is 0 Å². The molecule has 4 rings (SSSR count). The Kier molecular flexibility index (Phi) is 7.18. The number of rotatable bonds is 3. The lowest BCUT2D eigenvalue weighted by molar-refractivity contribution is -0.138. The summed E-state index contributed by atoms with van der Waals surface area (Å²) >= 11 is 2.26. The number of likely N-dealkylation sites (tertiary alicyclic amines) is 1. The lowest BCUT2D eigenvalue weighted by atomic mass is 10.1. The van der Waals surface area contributed by atoms with Crippen LogP contribution in [0.5, 0.6) is 0 Å². The maximum atomic E-state index is 14.7. The minimum absolute atomic E-state index is 0.0568. The highest BCUT2D eigenvalue weighted by Crippen LogP contribution is 2.31. The van der Waals surface area contributed by atoms with Gasteiger partial charge < -0.3 is 24.6 Å². The number of morpholine rings is 1. The summed E-state index contributed by atoms with van der Waals surface area (Å²) in [6.45, 7) is 8.08. The Morgan fingerprint density at radius 3 is 2.71 bits per heavy atom. The van der Waals surface area contributed by atoms with Gasteiger partial charge in [-0.25, -0.2) is 9.18 Å². The van der Waals surface area contributed by atoms with Crippen molar-refractivity contribution in [3.63, 3.8) is 0 Å². The molecule has 184 valence electrons. The quantitative estimate of drug-likeness (QED) is 0.557. The smallest absolute Gasteiger partial charge is 0.410 e. The fourth-order valence-electron chi connectivity index (χ4n) is 4.34. The zero-order chi connectivity index (χ0) is 24.6. The fourth-order valence-corrected chi connectivity index (χ4v) is 4.95. The molecule has 2 aliphatic rings. The molecule has 2 fully saturated rings. The van der Waals surface area contributed by atoms with Crippen molar-refractivity contribution >= 4 is 51.2 Å². The molecular weight excluding hydrogens is 554 g/mol. The summed E-state index contributed by atoms with van der Waals surface area (Å²) < 4.78 is 27.0. The molecule has 0 radical (unpaired) electrons. The second kappa shape index (κ2) is 9.80. The summed E-state index contributed by atoms with van der Waals surface area (Å²) in [4.78, 5) is 33.3. The van der Waals surface area contributed by atoms with Crippen molar-refractivity contribution in [2.45, 2.75) is 57.7 Å². The van der Waals surface area contributed by atoms with Gasteiger partial charge in [-0.05, 0) is 74.6 Å². The number of pyridine rings is 1. The Bertz CT molecular complexity index is 1080. The van der Waals surface area contributed by atoms with Crippen molar-refractivity contribution in [2.75, 3.05) is 31.1 Å². The Balaban J connectivity index is 1.44. The number of hydrogen-bond acceptors (Lipinski definition) is 6. The van der Waals surface area contributed by atoms with Crippen molar-refractivity contribution in [1.82, 2.24) is 15.2 Å². The number of carbonyl (C=O) groups excluding carboxylic acids is 2. The van der Waals surface area contributed by atoms with Crippen LogP contribution in [0.2, 0.25) is 0 Å². The Morgan fingerprint density at radius 1 is 1.21 bits per heavy atom. The average Bonchev–Trinajstić information content (AvgIpc) is 3.13. The normalized spacial score (nSPS) is 25.5. The first kappa shape index (κ1) is 24.9. The van der Waals surface area contributed by atoms with Gasteiger partial charge in [-0.2, -0.15) is 0 Å². The molecule has 1 aromatic carbocycles. The topological polar surface area (TPSA) is 84.0 Å². The third-order valence-corrected chi connectivity index (χ3v) is 6.69. The first-order valence-electron chi connectivity index (χ1n) is 11.4. The lowest BCUT2D eigenvalue weighted by Gasteiger charge is -2.38. The number of anilines is 1. The SMILES string of the molecule is C[C@@H]1CN(c2ccc(I)c3ncccc23)C[C@H](C(=O)N[C@H]2CN(C(=O)OC(C)(C)C)C[C@H]2F)O1. The number of nitrogens with one attached hydrogen (secondary N) is 1. The molecule has 0 saturated carbocycles. The van der Waals surface area contributed by atoms with Crippen LogP contribution < -0.4 is 10.2 Å². The Hall–Kier alpha value is -2.21. The van der Waals surface area contributed by atoms with Crippen molar-refractivity contribution in [3.05, 3.63) is 34.0 Å². The van der Waals surface area contributed by atoms with Crippen LogP contribution in [0.1, 0.15) is 27.7 Å². The molecule has 2 aliphatic heterocycles. The van der Waals surface area contributed by atoms with Crippen LogP contribution in [-0.4, -0.2) is 78.1 Å². The van der Waals surface area contributed by atoms with E-state index in [2.05, 4.69) is 37.8 Å². The van der Waals surface area contributed by atoms with Crippen LogP contribution in [0, 0.1) is 3.57 Å². The number of fused-ring (bicyclic) bond motifs is 1. The summed E-state index contributed by atoms with van der Waals surface area (Å²) in [5.74, 6) is -0.386. The van der Waals surface area contributed by atoms with Gasteiger partial charge in [-0.15, -0.1) is 0 Å². The first-order chi connectivity index (χ1) is 16.0. The van der Waals surface area contributed by atoms with E-state index in [1.165, 1.54) is 4.90 Å². The van der Waals surface area contributed by atoms with Gasteiger partial charge in [0.25, 0.3) is 5.91 Å². The standard InChI is InChI=1S/C24H30FIN4O4/c1-14-10-29(19-8-7-17(26)21-15(19)6-5-9-27-21)13-20(33-14)22(31)28-18-12-30(11-16(18)25)23(32)34-24(2,3)4/h5-9,14,16,18,20H,10-13H2,1-4H3,(H,28,31)/t14-,16-,18+,20-/m1/s1. The number of ether oxygens (including phenoxy) is 2. The van der Waals surface area contributed by atoms with E-state index in [9.17, 15) is 14.0 Å². The molecule has 10 heteroatoms. The van der Waals surface area contributed by atoms with Crippen LogP contribution in [0.15, 0.2) is 30.5 Å². The first-order valence-corrected chi connectivity index (χ1v) is 12.5. The van der Waals surface area contributed by atoms with Crippen molar-refractivity contribution in [2.24, 2.45) is 0 Å². The van der Waals surface area contributed by atoms with Gasteiger partial charge in [-0.1, -0.05) is 0 Å². The van der Waals surface area contributed by atoms with E-state index in [0.717, 1.165) is 20.2 Å². The molecule has 2 amide bonds. The van der Waals surface area contributed by atoms with Crippen LogP contribution in [0.25, 0.3) is 10.9 Å². The fraction of sp³-hybridized carbons (Fsp3) is 0.542. The van der Waals surface area contributed by atoms with Crippen LogP contribution in [0.4, 0.5) is 14.9 Å². The number of halogens is 2.